The summed E-state index contributed by atoms with van der Waals surface area (Å²) in [6.45, 7) is 0. The van der Waals surface area contributed by atoms with Gasteiger partial charge in [-0.1, -0.05) is 12.1 Å². The van der Waals surface area contributed by atoms with Gasteiger partial charge in [-0.25, -0.2) is 4.39 Å². The van der Waals surface area contributed by atoms with Crippen LogP contribution >= 0.6 is 22.6 Å². The van der Waals surface area contributed by atoms with E-state index in [4.69, 9.17) is 0 Å². The summed E-state index contributed by atoms with van der Waals surface area (Å²) in [6, 6.07) is 11.0. The molecule has 0 saturated carbocycles. The lowest BCUT2D eigenvalue weighted by atomic mass is 10.0. The molecule has 0 N–H and O–H groups in total. The summed E-state index contributed by atoms with van der Waals surface area (Å²) >= 11 is 2.03. The van der Waals surface area contributed by atoms with Crippen molar-refractivity contribution in [3.63, 3.8) is 0 Å². The van der Waals surface area contributed by atoms with Crippen molar-refractivity contribution in [1.82, 2.24) is 9.97 Å². The van der Waals surface area contributed by atoms with Crippen molar-refractivity contribution in [2.45, 2.75) is 0 Å². The van der Waals surface area contributed by atoms with Gasteiger partial charge >= 0.3 is 0 Å². The minimum atomic E-state index is -0.231. The molecule has 98 valence electrons. The van der Waals surface area contributed by atoms with Crippen molar-refractivity contribution in [3.8, 4) is 22.3 Å². The van der Waals surface area contributed by atoms with Crippen LogP contribution in [0.2, 0.25) is 0 Å². The molecule has 3 aromatic rings. The third-order valence-electron chi connectivity index (χ3n) is 3.00. The molecule has 0 saturated heterocycles. The zero-order chi connectivity index (χ0) is 13.9. The van der Waals surface area contributed by atoms with Crippen LogP contribution in [0.25, 0.3) is 22.3 Å². The van der Waals surface area contributed by atoms with Gasteiger partial charge in [0.2, 0.25) is 0 Å². The molecule has 3 rings (SSSR count). The van der Waals surface area contributed by atoms with Crippen LogP contribution in [0.5, 0.6) is 0 Å². The van der Waals surface area contributed by atoms with Gasteiger partial charge in [0.25, 0.3) is 0 Å². The highest BCUT2D eigenvalue weighted by atomic mass is 127. The first kappa shape index (κ1) is 13.2. The Labute approximate surface area is 129 Å². The Morgan fingerprint density at radius 3 is 2.10 bits per heavy atom. The Morgan fingerprint density at radius 2 is 1.50 bits per heavy atom. The second-order valence-electron chi connectivity index (χ2n) is 4.30. The summed E-state index contributed by atoms with van der Waals surface area (Å²) in [5, 5.41) is 0. The number of pyridine rings is 2. The standard InChI is InChI=1S/C16H10FIN2/c17-15-8-13(11-3-1-5-19-9-11)7-14(16(15)18)12-4-2-6-20-10-12/h1-10H. The zero-order valence-electron chi connectivity index (χ0n) is 10.4. The lowest BCUT2D eigenvalue weighted by Crippen LogP contribution is -1.91. The highest BCUT2D eigenvalue weighted by molar-refractivity contribution is 14.1. The van der Waals surface area contributed by atoms with Crippen molar-refractivity contribution in [3.05, 3.63) is 70.6 Å². The molecular formula is C16H10FIN2. The monoisotopic (exact) mass is 376 g/mol. The van der Waals surface area contributed by atoms with Crippen LogP contribution in [-0.2, 0) is 0 Å². The molecule has 0 atom stereocenters. The second kappa shape index (κ2) is 5.66. The Bertz CT molecular complexity index is 730. The molecule has 2 aromatic heterocycles. The predicted octanol–water partition coefficient (Wildman–Crippen LogP) is 4.55. The second-order valence-corrected chi connectivity index (χ2v) is 5.38. The summed E-state index contributed by atoms with van der Waals surface area (Å²) in [5.41, 5.74) is 3.46. The Balaban J connectivity index is 2.19. The number of nitrogens with zero attached hydrogens (tertiary/aromatic N) is 2. The van der Waals surface area contributed by atoms with Crippen molar-refractivity contribution >= 4 is 22.6 Å². The molecule has 0 spiro atoms. The van der Waals surface area contributed by atoms with Gasteiger partial charge in [-0.05, 0) is 52.4 Å². The highest BCUT2D eigenvalue weighted by Gasteiger charge is 2.11. The van der Waals surface area contributed by atoms with Gasteiger partial charge in [0, 0.05) is 41.5 Å². The highest BCUT2D eigenvalue weighted by Crippen LogP contribution is 2.31. The van der Waals surface area contributed by atoms with Crippen molar-refractivity contribution < 1.29 is 4.39 Å². The van der Waals surface area contributed by atoms with Crippen LogP contribution in [0.4, 0.5) is 4.39 Å². The number of aromatic nitrogens is 2. The largest absolute Gasteiger partial charge is 0.264 e. The van der Waals surface area contributed by atoms with E-state index in [9.17, 15) is 4.39 Å². The molecule has 0 aliphatic carbocycles. The molecule has 4 heteroatoms. The van der Waals surface area contributed by atoms with Crippen LogP contribution < -0.4 is 0 Å². The van der Waals surface area contributed by atoms with Crippen LogP contribution in [0.3, 0.4) is 0 Å². The minimum absolute atomic E-state index is 0.231. The molecule has 0 aliphatic rings. The summed E-state index contributed by atoms with van der Waals surface area (Å²) in [5.74, 6) is -0.231. The lowest BCUT2D eigenvalue weighted by molar-refractivity contribution is 0.621. The number of hydrogen-bond acceptors (Lipinski definition) is 2. The minimum Gasteiger partial charge on any atom is -0.264 e. The number of halogens is 2. The number of rotatable bonds is 2. The molecule has 20 heavy (non-hydrogen) atoms. The van der Waals surface area contributed by atoms with E-state index in [1.807, 2.05) is 52.9 Å². The fourth-order valence-electron chi connectivity index (χ4n) is 2.02. The summed E-state index contributed by atoms with van der Waals surface area (Å²) in [4.78, 5) is 8.18. The Kier molecular flexibility index (Phi) is 3.73. The molecule has 0 radical (unpaired) electrons. The Hall–Kier alpha value is -1.82. The first-order chi connectivity index (χ1) is 9.75. The summed E-state index contributed by atoms with van der Waals surface area (Å²) in [6.07, 6.45) is 6.88. The van der Waals surface area contributed by atoms with Crippen LogP contribution in [-0.4, -0.2) is 9.97 Å². The van der Waals surface area contributed by atoms with E-state index in [-0.39, 0.29) is 5.82 Å². The number of hydrogen-bond donors (Lipinski definition) is 0. The van der Waals surface area contributed by atoms with E-state index in [0.717, 1.165) is 22.3 Å². The third-order valence-corrected chi connectivity index (χ3v) is 4.09. The van der Waals surface area contributed by atoms with Crippen LogP contribution in [0, 0.1) is 9.39 Å². The third kappa shape index (κ3) is 2.56. The normalized spacial score (nSPS) is 10.5. The molecular weight excluding hydrogens is 366 g/mol. The van der Waals surface area contributed by atoms with Gasteiger partial charge in [-0.15, -0.1) is 0 Å². The first-order valence-corrected chi connectivity index (χ1v) is 7.13. The zero-order valence-corrected chi connectivity index (χ0v) is 12.6. The maximum Gasteiger partial charge on any atom is 0.137 e. The average Bonchev–Trinajstić information content (AvgIpc) is 2.51. The topological polar surface area (TPSA) is 25.8 Å². The van der Waals surface area contributed by atoms with E-state index in [1.54, 1.807) is 30.9 Å². The SMILES string of the molecule is Fc1cc(-c2cccnc2)cc(-c2cccnc2)c1I. The van der Waals surface area contributed by atoms with Gasteiger partial charge in [-0.2, -0.15) is 0 Å². The fourth-order valence-corrected chi connectivity index (χ4v) is 2.64. The number of benzene rings is 1. The molecule has 0 aliphatic heterocycles. The van der Waals surface area contributed by atoms with Gasteiger partial charge in [0.15, 0.2) is 0 Å². The lowest BCUT2D eigenvalue weighted by Gasteiger charge is -2.09. The van der Waals surface area contributed by atoms with Gasteiger partial charge in [0.1, 0.15) is 5.82 Å². The summed E-state index contributed by atoms with van der Waals surface area (Å²) in [7, 11) is 0. The van der Waals surface area contributed by atoms with E-state index in [2.05, 4.69) is 9.97 Å². The fraction of sp³-hybridized carbons (Fsp3) is 0. The maximum absolute atomic E-state index is 14.2. The van der Waals surface area contributed by atoms with E-state index >= 15 is 0 Å². The molecule has 1 aromatic carbocycles. The molecule has 0 bridgehead atoms. The molecule has 0 fully saturated rings. The molecule has 2 nitrogen and oxygen atoms in total. The predicted molar refractivity (Wildman–Crippen MR) is 85.6 cm³/mol. The molecule has 2 heterocycles. The smallest absolute Gasteiger partial charge is 0.137 e. The van der Waals surface area contributed by atoms with Crippen LogP contribution in [0.15, 0.2) is 61.2 Å². The van der Waals surface area contributed by atoms with Crippen molar-refractivity contribution in [1.29, 1.82) is 0 Å². The van der Waals surface area contributed by atoms with E-state index in [0.29, 0.717) is 3.57 Å². The Morgan fingerprint density at radius 1 is 0.850 bits per heavy atom. The maximum atomic E-state index is 14.2. The summed E-state index contributed by atoms with van der Waals surface area (Å²) < 4.78 is 14.8. The van der Waals surface area contributed by atoms with Crippen molar-refractivity contribution in [2.75, 3.05) is 0 Å². The molecule has 0 unspecified atom stereocenters. The quantitative estimate of drug-likeness (QED) is 0.613. The molecule has 0 amide bonds. The van der Waals surface area contributed by atoms with Crippen LogP contribution in [0.1, 0.15) is 0 Å². The van der Waals surface area contributed by atoms with Gasteiger partial charge < -0.3 is 0 Å². The van der Waals surface area contributed by atoms with E-state index < -0.39 is 0 Å². The van der Waals surface area contributed by atoms with E-state index in [1.165, 1.54) is 0 Å². The first-order valence-electron chi connectivity index (χ1n) is 6.05. The van der Waals surface area contributed by atoms with Gasteiger partial charge in [0.05, 0.1) is 3.57 Å². The average molecular weight is 376 g/mol. The van der Waals surface area contributed by atoms with Crippen molar-refractivity contribution in [2.24, 2.45) is 0 Å². The van der Waals surface area contributed by atoms with Gasteiger partial charge in [-0.3, -0.25) is 9.97 Å².